The largest absolute Gasteiger partial charge is 0.545 e. The molecule has 1 aromatic heterocycles. The van der Waals surface area contributed by atoms with Crippen molar-refractivity contribution in [3.8, 4) is 17.2 Å². The zero-order chi connectivity index (χ0) is 36.2. The second kappa shape index (κ2) is 15.7. The Balaban J connectivity index is 1.44. The number of carbonyl (C=O) groups is 2. The van der Waals surface area contributed by atoms with Gasteiger partial charge in [0, 0.05) is 28.3 Å². The van der Waals surface area contributed by atoms with Gasteiger partial charge in [-0.25, -0.2) is 4.79 Å². The maximum Gasteiger partial charge on any atom is 0.415 e. The van der Waals surface area contributed by atoms with Gasteiger partial charge in [0.2, 0.25) is 12.4 Å². The van der Waals surface area contributed by atoms with E-state index in [0.29, 0.717) is 57.7 Å². The number of para-hydroxylation sites is 2. The number of pyridine rings is 1. The summed E-state index contributed by atoms with van der Waals surface area (Å²) in [6.07, 6.45) is 3.93. The van der Waals surface area contributed by atoms with Crippen LogP contribution in [0.4, 0.5) is 10.5 Å². The molecule has 0 unspecified atom stereocenters. The van der Waals surface area contributed by atoms with Crippen LogP contribution in [0.25, 0.3) is 0 Å². The molecule has 3 aliphatic rings. The van der Waals surface area contributed by atoms with Crippen LogP contribution in [0.2, 0.25) is 10.0 Å². The SMILES string of the molecule is COc1ccc([C@H](Cc2c(Cl)c[n+](O)cc2Cl)c2cc(CN(C(=O)O[C@H]3CN4CCC3CC4)c3ccccc3OC)ccc2C(=O)[O-])cc1OC. The van der Waals surface area contributed by atoms with Crippen LogP contribution < -0.4 is 28.9 Å². The Labute approximate surface area is 306 Å². The first-order valence-electron chi connectivity index (χ1n) is 16.6. The molecule has 3 saturated heterocycles. The quantitative estimate of drug-likeness (QED) is 0.148. The molecule has 11 nitrogen and oxygen atoms in total. The Bertz CT molecular complexity index is 1890. The van der Waals surface area contributed by atoms with Gasteiger partial charge in [-0.2, -0.15) is 0 Å². The van der Waals surface area contributed by atoms with Crippen LogP contribution in [0.15, 0.2) is 73.1 Å². The van der Waals surface area contributed by atoms with Gasteiger partial charge in [0.15, 0.2) is 11.5 Å². The van der Waals surface area contributed by atoms with Gasteiger partial charge in [0.05, 0.1) is 39.5 Å². The number of carbonyl (C=O) groups excluding carboxylic acids is 2. The summed E-state index contributed by atoms with van der Waals surface area (Å²) in [5, 5.41) is 23.1. The highest BCUT2D eigenvalue weighted by Crippen LogP contribution is 2.40. The maximum atomic E-state index is 14.1. The molecule has 2 bridgehead atoms. The number of aromatic nitrogens is 1. The molecule has 4 aromatic rings. The number of benzene rings is 3. The third-order valence-electron chi connectivity index (χ3n) is 9.78. The minimum atomic E-state index is -1.39. The van der Waals surface area contributed by atoms with Crippen molar-refractivity contribution in [2.45, 2.75) is 37.8 Å². The molecule has 0 spiro atoms. The highest BCUT2D eigenvalue weighted by Gasteiger charge is 2.38. The van der Waals surface area contributed by atoms with E-state index in [9.17, 15) is 19.9 Å². The first-order chi connectivity index (χ1) is 24.6. The van der Waals surface area contributed by atoms with Crippen LogP contribution in [0.5, 0.6) is 17.2 Å². The van der Waals surface area contributed by atoms with Crippen LogP contribution in [0, 0.1) is 5.92 Å². The predicted molar refractivity (Wildman–Crippen MR) is 188 cm³/mol. The number of piperidine rings is 3. The van der Waals surface area contributed by atoms with Crippen molar-refractivity contribution >= 4 is 41.0 Å². The van der Waals surface area contributed by atoms with E-state index in [1.165, 1.54) is 44.7 Å². The number of aromatic carboxylic acids is 1. The van der Waals surface area contributed by atoms with Gasteiger partial charge in [-0.15, -0.1) is 0 Å². The summed E-state index contributed by atoms with van der Waals surface area (Å²) in [4.78, 5) is 30.6. The number of fused-ring (bicyclic) bond motifs is 3. The highest BCUT2D eigenvalue weighted by atomic mass is 35.5. The van der Waals surface area contributed by atoms with E-state index >= 15 is 0 Å². The zero-order valence-electron chi connectivity index (χ0n) is 28.5. The molecule has 2 atom stereocenters. The molecule has 0 saturated carbocycles. The van der Waals surface area contributed by atoms with Crippen molar-refractivity contribution in [3.63, 3.8) is 0 Å². The normalized spacial score (nSPS) is 18.5. The average molecular weight is 737 g/mol. The number of ether oxygens (including phenoxy) is 4. The molecule has 7 rings (SSSR count). The summed E-state index contributed by atoms with van der Waals surface area (Å²) in [6.45, 7) is 2.73. The molecule has 0 aliphatic carbocycles. The van der Waals surface area contributed by atoms with Crippen molar-refractivity contribution in [1.29, 1.82) is 0 Å². The van der Waals surface area contributed by atoms with E-state index < -0.39 is 18.0 Å². The molecular weight excluding hydrogens is 697 g/mol. The van der Waals surface area contributed by atoms with Crippen molar-refractivity contribution in [2.24, 2.45) is 5.92 Å². The Morgan fingerprint density at radius 3 is 2.25 bits per heavy atom. The number of anilines is 1. The molecule has 3 aliphatic heterocycles. The molecular formula is C38H39Cl2N3O8. The van der Waals surface area contributed by atoms with Crippen molar-refractivity contribution in [1.82, 2.24) is 4.90 Å². The second-order valence-electron chi connectivity index (χ2n) is 12.7. The van der Waals surface area contributed by atoms with Crippen molar-refractivity contribution < 1.29 is 43.6 Å². The molecule has 4 heterocycles. The smallest absolute Gasteiger partial charge is 0.415 e. The fraction of sp³-hybridized carbons (Fsp3) is 0.342. The maximum absolute atomic E-state index is 14.1. The summed E-state index contributed by atoms with van der Waals surface area (Å²) >= 11 is 13.2. The number of amides is 1. The first kappa shape index (κ1) is 36.1. The van der Waals surface area contributed by atoms with Crippen LogP contribution in [-0.2, 0) is 17.7 Å². The van der Waals surface area contributed by atoms with Crippen molar-refractivity contribution in [3.05, 3.63) is 111 Å². The summed E-state index contributed by atoms with van der Waals surface area (Å²) in [5.41, 5.74) is 2.61. The van der Waals surface area contributed by atoms with Gasteiger partial charge in [0.1, 0.15) is 21.9 Å². The lowest BCUT2D eigenvalue weighted by molar-refractivity contribution is -0.904. The number of nitrogens with zero attached hydrogens (tertiary/aromatic N) is 3. The summed E-state index contributed by atoms with van der Waals surface area (Å²) < 4.78 is 23.7. The van der Waals surface area contributed by atoms with Gasteiger partial charge in [-0.05, 0) is 79.2 Å². The van der Waals surface area contributed by atoms with Gasteiger partial charge in [-0.1, -0.05) is 59.6 Å². The highest BCUT2D eigenvalue weighted by molar-refractivity contribution is 6.35. The third-order valence-corrected chi connectivity index (χ3v) is 10.4. The molecule has 0 radical (unpaired) electrons. The Morgan fingerprint density at radius 2 is 1.63 bits per heavy atom. The lowest BCUT2D eigenvalue weighted by Gasteiger charge is -2.44. The second-order valence-corrected chi connectivity index (χ2v) is 13.5. The predicted octanol–water partition coefficient (Wildman–Crippen LogP) is 5.52. The number of rotatable bonds is 12. The summed E-state index contributed by atoms with van der Waals surface area (Å²) in [5.74, 6) is -0.355. The van der Waals surface area contributed by atoms with E-state index in [4.69, 9.17) is 42.1 Å². The molecule has 3 aromatic carbocycles. The minimum absolute atomic E-state index is 0.0383. The average Bonchev–Trinajstić information content (AvgIpc) is 3.13. The Hall–Kier alpha value is -4.71. The third kappa shape index (κ3) is 7.80. The van der Waals surface area contributed by atoms with Gasteiger partial charge >= 0.3 is 6.09 Å². The Kier molecular flexibility index (Phi) is 11.1. The number of carboxylic acid groups (broad SMARTS) is 1. The number of hydrogen-bond donors (Lipinski definition) is 1. The zero-order valence-corrected chi connectivity index (χ0v) is 30.0. The van der Waals surface area contributed by atoms with Gasteiger partial charge < -0.3 is 28.8 Å². The monoisotopic (exact) mass is 735 g/mol. The van der Waals surface area contributed by atoms with Gasteiger partial charge in [0.25, 0.3) is 0 Å². The number of hydrogen-bond acceptors (Lipinski definition) is 9. The number of methoxy groups -OCH3 is 3. The Morgan fingerprint density at radius 1 is 0.941 bits per heavy atom. The molecule has 1 N–H and O–H groups in total. The fourth-order valence-corrected chi connectivity index (χ4v) is 7.73. The van der Waals surface area contributed by atoms with Gasteiger partial charge in [-0.3, -0.25) is 15.0 Å². The lowest BCUT2D eigenvalue weighted by Crippen LogP contribution is -2.53. The molecule has 13 heteroatoms. The van der Waals surface area contributed by atoms with Crippen LogP contribution >= 0.6 is 23.2 Å². The number of carboxylic acids is 1. The van der Waals surface area contributed by atoms with Crippen molar-refractivity contribution in [2.75, 3.05) is 45.9 Å². The molecule has 3 fully saturated rings. The lowest BCUT2D eigenvalue weighted by atomic mass is 9.82. The van der Waals surface area contributed by atoms with Crippen LogP contribution in [-0.4, -0.2) is 69.2 Å². The molecule has 1 amide bonds. The topological polar surface area (TPSA) is 125 Å². The first-order valence-corrected chi connectivity index (χ1v) is 17.3. The van der Waals surface area contributed by atoms with E-state index in [-0.39, 0.29) is 34.7 Å². The summed E-state index contributed by atoms with van der Waals surface area (Å²) in [7, 11) is 4.57. The minimum Gasteiger partial charge on any atom is -0.545 e. The van der Waals surface area contributed by atoms with Crippen LogP contribution in [0.1, 0.15) is 51.4 Å². The van der Waals surface area contributed by atoms with E-state index in [0.717, 1.165) is 30.7 Å². The number of halogens is 2. The van der Waals surface area contributed by atoms with E-state index in [1.54, 1.807) is 42.5 Å². The van der Waals surface area contributed by atoms with Crippen LogP contribution in [0.3, 0.4) is 0 Å². The van der Waals surface area contributed by atoms with E-state index in [2.05, 4.69) is 4.90 Å². The summed E-state index contributed by atoms with van der Waals surface area (Å²) in [6, 6.07) is 17.4. The molecule has 51 heavy (non-hydrogen) atoms. The van der Waals surface area contributed by atoms with E-state index in [1.807, 2.05) is 12.1 Å². The standard InChI is InChI=1S/C38H39Cl2N3O8/c1-48-33-7-5-4-6-32(33)43(38(46)51-36-22-41-14-12-24(36)13-15-41)19-23-8-10-26(37(44)45)28(16-23)27(18-29-30(39)20-42(47)21-31(29)40)25-9-11-34(49-2)35(17-25)50-3/h4-11,16-17,20-21,24,27,36H,12-15,18-19,22H2,1-3H3,(H-,44,45,47)/t27-,36-/m0/s1. The fourth-order valence-electron chi connectivity index (χ4n) is 7.12. The molecule has 268 valence electrons.